The Labute approximate surface area is 137 Å². The van der Waals surface area contributed by atoms with Gasteiger partial charge in [-0.15, -0.1) is 0 Å². The quantitative estimate of drug-likeness (QED) is 0.897. The molecular formula is C17H26N4O2. The third-order valence-electron chi connectivity index (χ3n) is 5.20. The van der Waals surface area contributed by atoms with Gasteiger partial charge in [0.25, 0.3) is 5.91 Å². The monoisotopic (exact) mass is 318 g/mol. The Morgan fingerprint density at radius 3 is 2.52 bits per heavy atom. The van der Waals surface area contributed by atoms with E-state index in [4.69, 9.17) is 0 Å². The Morgan fingerprint density at radius 1 is 1.17 bits per heavy atom. The molecule has 1 aliphatic carbocycles. The van der Waals surface area contributed by atoms with Crippen molar-refractivity contribution < 1.29 is 9.59 Å². The number of nitrogens with one attached hydrogen (secondary N) is 2. The number of aromatic amines is 1. The van der Waals surface area contributed by atoms with Crippen LogP contribution in [0.15, 0.2) is 6.20 Å². The fraction of sp³-hybridized carbons (Fsp3) is 0.706. The molecule has 2 amide bonds. The summed E-state index contributed by atoms with van der Waals surface area (Å²) in [5.41, 5.74) is 1.70. The predicted molar refractivity (Wildman–Crippen MR) is 87.2 cm³/mol. The number of piperidine rings is 1. The molecule has 1 aromatic rings. The van der Waals surface area contributed by atoms with Crippen LogP contribution >= 0.6 is 0 Å². The zero-order valence-corrected chi connectivity index (χ0v) is 13.8. The number of aromatic nitrogens is 2. The summed E-state index contributed by atoms with van der Waals surface area (Å²) in [6, 6.07) is 0.146. The molecular weight excluding hydrogens is 292 g/mol. The van der Waals surface area contributed by atoms with Crippen LogP contribution in [-0.2, 0) is 4.79 Å². The largest absolute Gasteiger partial charge is 0.349 e. The lowest BCUT2D eigenvalue weighted by atomic mass is 9.85. The van der Waals surface area contributed by atoms with Crippen molar-refractivity contribution in [1.82, 2.24) is 20.4 Å². The van der Waals surface area contributed by atoms with Gasteiger partial charge in [-0.25, -0.2) is 0 Å². The smallest absolute Gasteiger partial charge is 0.254 e. The van der Waals surface area contributed by atoms with E-state index in [1.54, 1.807) is 13.1 Å². The Morgan fingerprint density at radius 2 is 1.87 bits per heavy atom. The van der Waals surface area contributed by atoms with E-state index in [2.05, 4.69) is 15.5 Å². The minimum absolute atomic E-state index is 0.0272. The van der Waals surface area contributed by atoms with Crippen LogP contribution in [0.2, 0.25) is 0 Å². The van der Waals surface area contributed by atoms with Crippen LogP contribution in [0, 0.1) is 0 Å². The molecule has 126 valence electrons. The van der Waals surface area contributed by atoms with Gasteiger partial charge in [0.1, 0.15) is 0 Å². The van der Waals surface area contributed by atoms with Gasteiger partial charge >= 0.3 is 0 Å². The van der Waals surface area contributed by atoms with Crippen molar-refractivity contribution in [3.63, 3.8) is 0 Å². The minimum Gasteiger partial charge on any atom is -0.349 e. The zero-order chi connectivity index (χ0) is 16.2. The molecule has 6 nitrogen and oxygen atoms in total. The third-order valence-corrected chi connectivity index (χ3v) is 5.20. The van der Waals surface area contributed by atoms with E-state index in [0.29, 0.717) is 11.5 Å². The average molecular weight is 318 g/mol. The van der Waals surface area contributed by atoms with Crippen molar-refractivity contribution in [2.75, 3.05) is 13.1 Å². The number of nitrogens with zero attached hydrogens (tertiary/aromatic N) is 2. The molecule has 3 rings (SSSR count). The molecule has 1 aromatic heterocycles. The second-order valence-electron chi connectivity index (χ2n) is 6.79. The van der Waals surface area contributed by atoms with Crippen molar-refractivity contribution >= 4 is 11.8 Å². The summed E-state index contributed by atoms with van der Waals surface area (Å²) in [6.45, 7) is 3.04. The van der Waals surface area contributed by atoms with Gasteiger partial charge in [-0.2, -0.15) is 5.10 Å². The lowest BCUT2D eigenvalue weighted by Crippen LogP contribution is -2.46. The summed E-state index contributed by atoms with van der Waals surface area (Å²) in [5.74, 6) is 0.524. The molecule has 2 aliphatic rings. The maximum Gasteiger partial charge on any atom is 0.254 e. The van der Waals surface area contributed by atoms with Crippen LogP contribution in [0.1, 0.15) is 73.8 Å². The normalized spacial score (nSPS) is 20.5. The molecule has 2 fully saturated rings. The fourth-order valence-corrected chi connectivity index (χ4v) is 3.78. The number of rotatable bonds is 3. The van der Waals surface area contributed by atoms with Crippen LogP contribution in [-0.4, -0.2) is 46.0 Å². The molecule has 23 heavy (non-hydrogen) atoms. The molecule has 6 heteroatoms. The average Bonchev–Trinajstić information content (AvgIpc) is 3.06. The molecule has 0 bridgehead atoms. The molecule has 1 aliphatic heterocycles. The topological polar surface area (TPSA) is 78.1 Å². The highest BCUT2D eigenvalue weighted by atomic mass is 16.2. The Balaban J connectivity index is 1.59. The van der Waals surface area contributed by atoms with Crippen molar-refractivity contribution in [2.45, 2.75) is 63.8 Å². The highest BCUT2D eigenvalue weighted by Gasteiger charge is 2.26. The van der Waals surface area contributed by atoms with E-state index < -0.39 is 0 Å². The molecule has 2 heterocycles. The van der Waals surface area contributed by atoms with E-state index in [1.165, 1.54) is 19.3 Å². The number of H-pyrrole nitrogens is 1. The first-order chi connectivity index (χ1) is 11.1. The zero-order valence-electron chi connectivity index (χ0n) is 13.8. The van der Waals surface area contributed by atoms with Crippen molar-refractivity contribution in [1.29, 1.82) is 0 Å². The summed E-state index contributed by atoms with van der Waals surface area (Å²) in [4.78, 5) is 25.8. The maximum absolute atomic E-state index is 12.6. The summed E-state index contributed by atoms with van der Waals surface area (Å²) < 4.78 is 0. The second kappa shape index (κ2) is 7.15. The minimum atomic E-state index is -0.0272. The first-order valence-corrected chi connectivity index (χ1v) is 8.75. The first-order valence-electron chi connectivity index (χ1n) is 8.75. The number of hydrogen-bond donors (Lipinski definition) is 2. The number of carbonyl (C=O) groups is 2. The van der Waals surface area contributed by atoms with Crippen molar-refractivity contribution in [3.05, 3.63) is 17.5 Å². The molecule has 0 unspecified atom stereocenters. The standard InChI is InChI=1S/C17H26N4O2/c1-12(22)21-9-7-14(8-10-21)19-17(23)15-11-18-20-16(15)13-5-3-2-4-6-13/h11,13-14H,2-10H2,1H3,(H,18,20)(H,19,23). The molecule has 0 atom stereocenters. The Hall–Kier alpha value is -1.85. The van der Waals surface area contributed by atoms with E-state index in [1.807, 2.05) is 4.90 Å². The molecule has 0 aromatic carbocycles. The van der Waals surface area contributed by atoms with Crippen LogP contribution < -0.4 is 5.32 Å². The number of carbonyl (C=O) groups excluding carboxylic acids is 2. The van der Waals surface area contributed by atoms with E-state index >= 15 is 0 Å². The fourth-order valence-electron chi connectivity index (χ4n) is 3.78. The van der Waals surface area contributed by atoms with Gasteiger partial charge in [0.05, 0.1) is 17.5 Å². The van der Waals surface area contributed by atoms with Gasteiger partial charge in [0.2, 0.25) is 5.91 Å². The third kappa shape index (κ3) is 3.74. The molecule has 2 N–H and O–H groups in total. The van der Waals surface area contributed by atoms with Crippen LogP contribution in [0.25, 0.3) is 0 Å². The van der Waals surface area contributed by atoms with Gasteiger partial charge in [-0.3, -0.25) is 14.7 Å². The predicted octanol–water partition coefficient (Wildman–Crippen LogP) is 2.20. The maximum atomic E-state index is 12.6. The van der Waals surface area contributed by atoms with Gasteiger partial charge in [-0.1, -0.05) is 19.3 Å². The van der Waals surface area contributed by atoms with Crippen molar-refractivity contribution in [2.24, 2.45) is 0 Å². The summed E-state index contributed by atoms with van der Waals surface area (Å²) in [5, 5.41) is 10.3. The summed E-state index contributed by atoms with van der Waals surface area (Å²) in [7, 11) is 0. The van der Waals surface area contributed by atoms with E-state index in [0.717, 1.165) is 44.5 Å². The lowest BCUT2D eigenvalue weighted by Gasteiger charge is -2.31. The molecule has 0 radical (unpaired) electrons. The molecule has 1 saturated heterocycles. The van der Waals surface area contributed by atoms with Crippen LogP contribution in [0.5, 0.6) is 0 Å². The summed E-state index contributed by atoms with van der Waals surface area (Å²) in [6.07, 6.45) is 9.33. The van der Waals surface area contributed by atoms with Crippen LogP contribution in [0.4, 0.5) is 0 Å². The van der Waals surface area contributed by atoms with Gasteiger partial charge < -0.3 is 10.2 Å². The second-order valence-corrected chi connectivity index (χ2v) is 6.79. The van der Waals surface area contributed by atoms with E-state index in [-0.39, 0.29) is 17.9 Å². The molecule has 0 spiro atoms. The first kappa shape index (κ1) is 16.0. The molecule has 1 saturated carbocycles. The van der Waals surface area contributed by atoms with Gasteiger partial charge in [0.15, 0.2) is 0 Å². The van der Waals surface area contributed by atoms with Gasteiger partial charge in [-0.05, 0) is 25.7 Å². The van der Waals surface area contributed by atoms with Crippen molar-refractivity contribution in [3.8, 4) is 0 Å². The lowest BCUT2D eigenvalue weighted by molar-refractivity contribution is -0.129. The van der Waals surface area contributed by atoms with Crippen LogP contribution in [0.3, 0.4) is 0 Å². The Bertz CT molecular complexity index is 555. The Kier molecular flexibility index (Phi) is 4.98. The summed E-state index contributed by atoms with van der Waals surface area (Å²) >= 11 is 0. The highest BCUT2D eigenvalue weighted by molar-refractivity contribution is 5.95. The highest BCUT2D eigenvalue weighted by Crippen LogP contribution is 2.33. The van der Waals surface area contributed by atoms with Gasteiger partial charge in [0, 0.05) is 32.0 Å². The number of amides is 2. The SMILES string of the molecule is CC(=O)N1CCC(NC(=O)c2cn[nH]c2C2CCCCC2)CC1. The number of hydrogen-bond acceptors (Lipinski definition) is 3. The van der Waals surface area contributed by atoms with E-state index in [9.17, 15) is 9.59 Å². The number of likely N-dealkylation sites (tertiary alicyclic amines) is 1.